The van der Waals surface area contributed by atoms with E-state index in [1.807, 2.05) is 35.9 Å². The van der Waals surface area contributed by atoms with Gasteiger partial charge in [0.1, 0.15) is 0 Å². The molecule has 3 N–H and O–H groups in total. The number of carbonyl (C=O) groups is 1. The van der Waals surface area contributed by atoms with Crippen molar-refractivity contribution in [2.24, 2.45) is 11.7 Å². The monoisotopic (exact) mass is 376 g/mol. The first-order valence-corrected chi connectivity index (χ1v) is 9.17. The summed E-state index contributed by atoms with van der Waals surface area (Å²) in [6.07, 6.45) is 4.53. The molecule has 2 atom stereocenters. The van der Waals surface area contributed by atoms with E-state index in [2.05, 4.69) is 23.4 Å². The van der Waals surface area contributed by atoms with Gasteiger partial charge in [0.2, 0.25) is 0 Å². The van der Waals surface area contributed by atoms with Crippen LogP contribution in [0.1, 0.15) is 53.0 Å². The maximum absolute atomic E-state index is 12.5. The fourth-order valence-electron chi connectivity index (χ4n) is 3.70. The zero-order valence-electron chi connectivity index (χ0n) is 15.6. The van der Waals surface area contributed by atoms with Crippen molar-refractivity contribution in [2.75, 3.05) is 6.54 Å². The van der Waals surface area contributed by atoms with E-state index in [-0.39, 0.29) is 24.4 Å². The Labute approximate surface area is 161 Å². The molecule has 1 aromatic heterocycles. The Bertz CT molecular complexity index is 726. The Hall–Kier alpha value is -1.85. The predicted molar refractivity (Wildman–Crippen MR) is 107 cm³/mol. The van der Waals surface area contributed by atoms with Crippen LogP contribution in [0.5, 0.6) is 0 Å². The molecule has 6 heteroatoms. The summed E-state index contributed by atoms with van der Waals surface area (Å²) >= 11 is 0. The Morgan fingerprint density at radius 2 is 1.92 bits per heavy atom. The van der Waals surface area contributed by atoms with Gasteiger partial charge in [-0.2, -0.15) is 5.10 Å². The molecule has 2 aromatic rings. The summed E-state index contributed by atoms with van der Waals surface area (Å²) in [5.41, 5.74) is 9.87. The van der Waals surface area contributed by atoms with Crippen LogP contribution in [0.4, 0.5) is 0 Å². The average Bonchev–Trinajstić information content (AvgIpc) is 2.93. The van der Waals surface area contributed by atoms with Crippen LogP contribution in [0.15, 0.2) is 30.3 Å². The number of hydrogen-bond acceptors (Lipinski definition) is 3. The summed E-state index contributed by atoms with van der Waals surface area (Å²) in [6.45, 7) is 5.42. The second kappa shape index (κ2) is 9.19. The smallest absolute Gasteiger partial charge is 0.251 e. The van der Waals surface area contributed by atoms with Gasteiger partial charge in [-0.15, -0.1) is 12.4 Å². The molecule has 5 nitrogen and oxygen atoms in total. The standard InChI is InChI=1S/C20H28N4O.ClH/c1-14-11-15(2)24(23-14)13-16-7-9-17(10-8-16)20(25)22-19-6-4-3-5-18(19)12-21;/h7-11,18-19H,3-6,12-13,21H2,1-2H3,(H,22,25);1H. The first-order valence-electron chi connectivity index (χ1n) is 9.17. The number of amides is 1. The number of nitrogens with zero attached hydrogens (tertiary/aromatic N) is 2. The van der Waals surface area contributed by atoms with Crippen molar-refractivity contribution in [3.8, 4) is 0 Å². The highest BCUT2D eigenvalue weighted by molar-refractivity contribution is 5.94. The Morgan fingerprint density at radius 1 is 1.23 bits per heavy atom. The molecular formula is C20H29ClN4O. The van der Waals surface area contributed by atoms with Crippen LogP contribution < -0.4 is 11.1 Å². The number of aryl methyl sites for hydroxylation is 2. The third-order valence-electron chi connectivity index (χ3n) is 5.18. The lowest BCUT2D eigenvalue weighted by Gasteiger charge is -2.31. The van der Waals surface area contributed by atoms with Crippen LogP contribution in [-0.2, 0) is 6.54 Å². The lowest BCUT2D eigenvalue weighted by molar-refractivity contribution is 0.0908. The topological polar surface area (TPSA) is 72.9 Å². The minimum atomic E-state index is 0. The number of nitrogens with two attached hydrogens (primary N) is 1. The van der Waals surface area contributed by atoms with E-state index in [0.29, 0.717) is 18.0 Å². The highest BCUT2D eigenvalue weighted by atomic mass is 35.5. The number of benzene rings is 1. The summed E-state index contributed by atoms with van der Waals surface area (Å²) in [4.78, 5) is 12.5. The lowest BCUT2D eigenvalue weighted by Crippen LogP contribution is -2.44. The normalized spacial score (nSPS) is 19.7. The minimum absolute atomic E-state index is 0. The van der Waals surface area contributed by atoms with Crippen LogP contribution in [0, 0.1) is 19.8 Å². The molecule has 26 heavy (non-hydrogen) atoms. The molecule has 0 saturated heterocycles. The summed E-state index contributed by atoms with van der Waals surface area (Å²) in [5.74, 6) is 0.408. The molecule has 0 radical (unpaired) electrons. The molecule has 3 rings (SSSR count). The van der Waals surface area contributed by atoms with Crippen molar-refractivity contribution in [2.45, 2.75) is 52.1 Å². The maximum atomic E-state index is 12.5. The number of carbonyl (C=O) groups excluding carboxylic acids is 1. The van der Waals surface area contributed by atoms with Crippen LogP contribution in [-0.4, -0.2) is 28.3 Å². The van der Waals surface area contributed by atoms with Crippen LogP contribution in [0.25, 0.3) is 0 Å². The van der Waals surface area contributed by atoms with E-state index in [1.54, 1.807) is 0 Å². The third kappa shape index (κ3) is 4.86. The number of aromatic nitrogens is 2. The fourth-order valence-corrected chi connectivity index (χ4v) is 3.70. The van der Waals surface area contributed by atoms with Gasteiger partial charge in [-0.25, -0.2) is 0 Å². The molecule has 0 spiro atoms. The maximum Gasteiger partial charge on any atom is 0.251 e. The molecule has 2 unspecified atom stereocenters. The molecule has 1 saturated carbocycles. The van der Waals surface area contributed by atoms with Crippen LogP contribution in [0.3, 0.4) is 0 Å². The van der Waals surface area contributed by atoms with E-state index in [0.717, 1.165) is 36.3 Å². The quantitative estimate of drug-likeness (QED) is 0.841. The molecule has 1 fully saturated rings. The van der Waals surface area contributed by atoms with Crippen molar-refractivity contribution in [3.05, 3.63) is 52.8 Å². The van der Waals surface area contributed by atoms with E-state index in [9.17, 15) is 4.79 Å². The molecule has 0 bridgehead atoms. The van der Waals surface area contributed by atoms with Gasteiger partial charge in [0, 0.05) is 17.3 Å². The Balaban J connectivity index is 0.00000243. The SMILES string of the molecule is Cc1cc(C)n(Cc2ccc(C(=O)NC3CCCCC3CN)cc2)n1.Cl. The minimum Gasteiger partial charge on any atom is -0.349 e. The van der Waals surface area contributed by atoms with Crippen molar-refractivity contribution in [1.29, 1.82) is 0 Å². The lowest BCUT2D eigenvalue weighted by atomic mass is 9.84. The van der Waals surface area contributed by atoms with Gasteiger partial charge < -0.3 is 11.1 Å². The second-order valence-electron chi connectivity index (χ2n) is 7.14. The highest BCUT2D eigenvalue weighted by Crippen LogP contribution is 2.23. The average molecular weight is 377 g/mol. The molecule has 1 amide bonds. The van der Waals surface area contributed by atoms with Crippen LogP contribution >= 0.6 is 12.4 Å². The first kappa shape index (κ1) is 20.5. The van der Waals surface area contributed by atoms with Gasteiger partial charge >= 0.3 is 0 Å². The molecule has 142 valence electrons. The summed E-state index contributed by atoms with van der Waals surface area (Å²) < 4.78 is 1.98. The van der Waals surface area contributed by atoms with E-state index < -0.39 is 0 Å². The Morgan fingerprint density at radius 3 is 2.54 bits per heavy atom. The number of hydrogen-bond donors (Lipinski definition) is 2. The zero-order valence-corrected chi connectivity index (χ0v) is 16.4. The summed E-state index contributed by atoms with van der Waals surface area (Å²) in [5, 5.41) is 7.66. The van der Waals surface area contributed by atoms with Crippen molar-refractivity contribution < 1.29 is 4.79 Å². The second-order valence-corrected chi connectivity index (χ2v) is 7.14. The predicted octanol–water partition coefficient (Wildman–Crippen LogP) is 3.22. The van der Waals surface area contributed by atoms with Crippen molar-refractivity contribution in [3.63, 3.8) is 0 Å². The molecule has 1 heterocycles. The third-order valence-corrected chi connectivity index (χ3v) is 5.18. The molecule has 0 aliphatic heterocycles. The van der Waals surface area contributed by atoms with Gasteiger partial charge in [0.15, 0.2) is 0 Å². The summed E-state index contributed by atoms with van der Waals surface area (Å²) in [6, 6.07) is 10.1. The number of nitrogens with one attached hydrogen (secondary N) is 1. The zero-order chi connectivity index (χ0) is 17.8. The van der Waals surface area contributed by atoms with E-state index in [4.69, 9.17) is 5.73 Å². The van der Waals surface area contributed by atoms with Gasteiger partial charge in [-0.05, 0) is 62.9 Å². The molecule has 1 aromatic carbocycles. The summed E-state index contributed by atoms with van der Waals surface area (Å²) in [7, 11) is 0. The highest BCUT2D eigenvalue weighted by Gasteiger charge is 2.25. The van der Waals surface area contributed by atoms with Crippen molar-refractivity contribution >= 4 is 18.3 Å². The van der Waals surface area contributed by atoms with Crippen molar-refractivity contribution in [1.82, 2.24) is 15.1 Å². The Kier molecular flexibility index (Phi) is 7.23. The molecule has 1 aliphatic carbocycles. The van der Waals surface area contributed by atoms with E-state index >= 15 is 0 Å². The van der Waals surface area contributed by atoms with E-state index in [1.165, 1.54) is 12.8 Å². The molecule has 1 aliphatic rings. The largest absolute Gasteiger partial charge is 0.349 e. The fraction of sp³-hybridized carbons (Fsp3) is 0.500. The van der Waals surface area contributed by atoms with Gasteiger partial charge in [-0.3, -0.25) is 9.48 Å². The first-order chi connectivity index (χ1) is 12.1. The van der Waals surface area contributed by atoms with Gasteiger partial charge in [0.05, 0.1) is 12.2 Å². The van der Waals surface area contributed by atoms with Gasteiger partial charge in [-0.1, -0.05) is 25.0 Å². The number of halogens is 1. The van der Waals surface area contributed by atoms with Gasteiger partial charge in [0.25, 0.3) is 5.91 Å². The number of rotatable bonds is 5. The molecular weight excluding hydrogens is 348 g/mol. The van der Waals surface area contributed by atoms with Crippen LogP contribution in [0.2, 0.25) is 0 Å².